The van der Waals surface area contributed by atoms with E-state index in [1.54, 1.807) is 6.07 Å². The average molecular weight is 368 g/mol. The van der Waals surface area contributed by atoms with Crippen LogP contribution in [0, 0.1) is 0 Å². The number of nitrogens with one attached hydrogen (secondary N) is 1. The van der Waals surface area contributed by atoms with Gasteiger partial charge in [0.2, 0.25) is 11.1 Å². The third-order valence-corrected chi connectivity index (χ3v) is 4.57. The smallest absolute Gasteiger partial charge is 0.230 e. The molecule has 3 N–H and O–H groups in total. The van der Waals surface area contributed by atoms with Crippen LogP contribution in [0.2, 0.25) is 5.02 Å². The second-order valence-corrected chi connectivity index (χ2v) is 7.94. The zero-order valence-electron chi connectivity index (χ0n) is 14.2. The van der Waals surface area contributed by atoms with Gasteiger partial charge in [-0.2, -0.15) is 0 Å². The highest BCUT2D eigenvalue weighted by Crippen LogP contribution is 2.23. The summed E-state index contributed by atoms with van der Waals surface area (Å²) < 4.78 is 1.44. The third-order valence-electron chi connectivity index (χ3n) is 3.39. The fourth-order valence-electron chi connectivity index (χ4n) is 2.16. The summed E-state index contributed by atoms with van der Waals surface area (Å²) in [6.45, 7) is 7.94. The Balaban J connectivity index is 1.93. The van der Waals surface area contributed by atoms with E-state index in [0.717, 1.165) is 5.56 Å². The van der Waals surface area contributed by atoms with Crippen LogP contribution in [0.5, 0.6) is 0 Å². The number of hydrogen-bond donors (Lipinski definition) is 2. The lowest BCUT2D eigenvalue weighted by molar-refractivity contribution is -0.119. The van der Waals surface area contributed by atoms with E-state index >= 15 is 0 Å². The van der Waals surface area contributed by atoms with Crippen molar-refractivity contribution in [1.82, 2.24) is 20.2 Å². The number of thioether (sulfide) groups is 1. The molecule has 0 saturated carbocycles. The minimum Gasteiger partial charge on any atom is -0.349 e. The molecule has 0 fully saturated rings. The first-order valence-corrected chi connectivity index (χ1v) is 8.93. The minimum absolute atomic E-state index is 0.104. The van der Waals surface area contributed by atoms with Gasteiger partial charge in [-0.05, 0) is 24.6 Å². The van der Waals surface area contributed by atoms with Gasteiger partial charge in [0.15, 0.2) is 5.82 Å². The molecule has 0 bridgehead atoms. The monoisotopic (exact) mass is 367 g/mol. The Morgan fingerprint density at radius 1 is 1.42 bits per heavy atom. The highest BCUT2D eigenvalue weighted by atomic mass is 35.5. The fraction of sp³-hybridized carbons (Fsp3) is 0.438. The molecule has 1 amide bonds. The number of nitrogens with zero attached hydrogens (tertiary/aromatic N) is 3. The van der Waals surface area contributed by atoms with Crippen molar-refractivity contribution in [2.24, 2.45) is 0 Å². The van der Waals surface area contributed by atoms with Crippen molar-refractivity contribution in [1.29, 1.82) is 0 Å². The molecule has 1 heterocycles. The summed E-state index contributed by atoms with van der Waals surface area (Å²) in [5, 5.41) is 12.3. The maximum absolute atomic E-state index is 12.1. The highest BCUT2D eigenvalue weighted by Gasteiger charge is 2.23. The lowest BCUT2D eigenvalue weighted by atomic mass is 9.96. The molecule has 2 rings (SSSR count). The molecule has 2 aromatic rings. The largest absolute Gasteiger partial charge is 0.349 e. The number of carbonyl (C=O) groups excluding carboxylic acids is 1. The molecule has 6 nitrogen and oxygen atoms in total. The zero-order valence-corrected chi connectivity index (χ0v) is 15.8. The molecule has 0 aliphatic carbocycles. The Morgan fingerprint density at radius 3 is 2.71 bits per heavy atom. The number of nitrogens with two attached hydrogens (primary N) is 1. The van der Waals surface area contributed by atoms with E-state index in [2.05, 4.69) is 15.5 Å². The topological polar surface area (TPSA) is 85.8 Å². The normalized spacial score (nSPS) is 12.9. The summed E-state index contributed by atoms with van der Waals surface area (Å²) in [7, 11) is 0. The van der Waals surface area contributed by atoms with Crippen molar-refractivity contribution in [2.45, 2.75) is 44.3 Å². The van der Waals surface area contributed by atoms with Crippen LogP contribution in [0.25, 0.3) is 0 Å². The van der Waals surface area contributed by atoms with E-state index in [-0.39, 0.29) is 23.1 Å². The van der Waals surface area contributed by atoms with Gasteiger partial charge in [-0.15, -0.1) is 10.2 Å². The van der Waals surface area contributed by atoms with Gasteiger partial charge >= 0.3 is 0 Å². The fourth-order valence-corrected chi connectivity index (χ4v) is 3.03. The van der Waals surface area contributed by atoms with Gasteiger partial charge in [0.25, 0.3) is 0 Å². The van der Waals surface area contributed by atoms with Crippen LogP contribution >= 0.6 is 23.4 Å². The summed E-state index contributed by atoms with van der Waals surface area (Å²) in [5.41, 5.74) is 0.752. The molecule has 0 aliphatic heterocycles. The van der Waals surface area contributed by atoms with E-state index in [0.29, 0.717) is 16.0 Å². The number of rotatable bonds is 5. The molecule has 130 valence electrons. The number of hydrogen-bond acceptors (Lipinski definition) is 5. The lowest BCUT2D eigenvalue weighted by Gasteiger charge is -2.16. The molecule has 0 saturated heterocycles. The van der Waals surface area contributed by atoms with Crippen molar-refractivity contribution in [3.63, 3.8) is 0 Å². The molecule has 1 atom stereocenters. The molecule has 24 heavy (non-hydrogen) atoms. The van der Waals surface area contributed by atoms with Crippen molar-refractivity contribution < 1.29 is 4.79 Å². The number of halogens is 1. The van der Waals surface area contributed by atoms with Crippen LogP contribution in [0.15, 0.2) is 29.4 Å². The SMILES string of the molecule is C[C@H](NC(=O)CSc1nnc(C(C)(C)C)n1N)c1cccc(Cl)c1. The number of nitrogen functional groups attached to an aromatic ring is 1. The minimum atomic E-state index is -0.204. The van der Waals surface area contributed by atoms with E-state index in [9.17, 15) is 4.79 Å². The summed E-state index contributed by atoms with van der Waals surface area (Å²) >= 11 is 7.23. The Labute approximate surface area is 151 Å². The van der Waals surface area contributed by atoms with E-state index in [1.165, 1.54) is 16.4 Å². The molecule has 8 heteroatoms. The number of amides is 1. The van der Waals surface area contributed by atoms with Crippen LogP contribution in [0.4, 0.5) is 0 Å². The maximum Gasteiger partial charge on any atom is 0.230 e. The highest BCUT2D eigenvalue weighted by molar-refractivity contribution is 7.99. The van der Waals surface area contributed by atoms with Crippen LogP contribution in [-0.4, -0.2) is 26.5 Å². The standard InChI is InChI=1S/C16H22ClN5OS/c1-10(11-6-5-7-12(17)8-11)19-13(23)9-24-15-21-20-14(22(15)18)16(2,3)4/h5-8,10H,9,18H2,1-4H3,(H,19,23)/t10-/m0/s1. The van der Waals surface area contributed by atoms with Crippen molar-refractivity contribution in [3.05, 3.63) is 40.7 Å². The quantitative estimate of drug-likeness (QED) is 0.626. The number of aromatic nitrogens is 3. The first-order chi connectivity index (χ1) is 11.2. The summed E-state index contributed by atoms with van der Waals surface area (Å²) in [4.78, 5) is 12.1. The average Bonchev–Trinajstić information content (AvgIpc) is 2.86. The van der Waals surface area contributed by atoms with Crippen LogP contribution in [-0.2, 0) is 10.2 Å². The molecule has 0 radical (unpaired) electrons. The zero-order chi connectivity index (χ0) is 17.9. The maximum atomic E-state index is 12.1. The summed E-state index contributed by atoms with van der Waals surface area (Å²) in [6.07, 6.45) is 0. The molecular weight excluding hydrogens is 346 g/mol. The molecular formula is C16H22ClN5OS. The molecule has 0 aliphatic rings. The summed E-state index contributed by atoms with van der Waals surface area (Å²) in [6, 6.07) is 7.30. The van der Waals surface area contributed by atoms with Gasteiger partial charge in [0.1, 0.15) is 0 Å². The van der Waals surface area contributed by atoms with Crippen LogP contribution in [0.1, 0.15) is 45.1 Å². The predicted molar refractivity (Wildman–Crippen MR) is 97.6 cm³/mol. The summed E-state index contributed by atoms with van der Waals surface area (Å²) in [5.74, 6) is 6.80. The predicted octanol–water partition coefficient (Wildman–Crippen LogP) is 2.91. The second kappa shape index (κ2) is 7.44. The van der Waals surface area contributed by atoms with Crippen LogP contribution in [0.3, 0.4) is 0 Å². The third kappa shape index (κ3) is 4.64. The van der Waals surface area contributed by atoms with Gasteiger partial charge in [-0.25, -0.2) is 4.68 Å². The van der Waals surface area contributed by atoms with E-state index in [4.69, 9.17) is 17.4 Å². The molecule has 0 unspecified atom stereocenters. The second-order valence-electron chi connectivity index (χ2n) is 6.56. The number of carbonyl (C=O) groups is 1. The Kier molecular flexibility index (Phi) is 5.77. The number of benzene rings is 1. The lowest BCUT2D eigenvalue weighted by Crippen LogP contribution is -2.28. The first kappa shape index (κ1) is 18.6. The van der Waals surface area contributed by atoms with Gasteiger partial charge in [0.05, 0.1) is 11.8 Å². The Hall–Kier alpha value is -1.73. The van der Waals surface area contributed by atoms with Crippen molar-refractivity contribution >= 4 is 29.3 Å². The van der Waals surface area contributed by atoms with E-state index in [1.807, 2.05) is 45.9 Å². The Bertz CT molecular complexity index is 725. The molecule has 1 aromatic heterocycles. The van der Waals surface area contributed by atoms with Gasteiger partial charge in [-0.1, -0.05) is 56.3 Å². The molecule has 0 spiro atoms. The molecule has 1 aromatic carbocycles. The Morgan fingerprint density at radius 2 is 2.12 bits per heavy atom. The van der Waals surface area contributed by atoms with E-state index < -0.39 is 0 Å². The van der Waals surface area contributed by atoms with Crippen molar-refractivity contribution in [2.75, 3.05) is 11.6 Å². The first-order valence-electron chi connectivity index (χ1n) is 7.57. The van der Waals surface area contributed by atoms with Gasteiger partial charge < -0.3 is 11.2 Å². The van der Waals surface area contributed by atoms with Gasteiger partial charge in [0, 0.05) is 10.4 Å². The van der Waals surface area contributed by atoms with Gasteiger partial charge in [-0.3, -0.25) is 4.79 Å². The van der Waals surface area contributed by atoms with Crippen molar-refractivity contribution in [3.8, 4) is 0 Å². The van der Waals surface area contributed by atoms with Crippen LogP contribution < -0.4 is 11.2 Å².